The number of carbonyl (C=O) groups is 1. The molecule has 2 aliphatic rings. The van der Waals surface area contributed by atoms with Gasteiger partial charge in [-0.3, -0.25) is 5.32 Å². The molecule has 1 fully saturated rings. The Morgan fingerprint density at radius 3 is 2.72 bits per heavy atom. The van der Waals surface area contributed by atoms with E-state index < -0.39 is 18.4 Å². The third-order valence-electron chi connectivity index (χ3n) is 3.04. The van der Waals surface area contributed by atoms with Gasteiger partial charge in [-0.25, -0.2) is 4.79 Å². The molecular weight excluding hydrogens is 232 g/mol. The lowest BCUT2D eigenvalue weighted by atomic mass is 9.90. The van der Waals surface area contributed by atoms with Gasteiger partial charge in [0.15, 0.2) is 11.9 Å². The van der Waals surface area contributed by atoms with Crippen LogP contribution in [0.4, 0.5) is 4.79 Å². The highest BCUT2D eigenvalue weighted by Gasteiger charge is 2.44. The van der Waals surface area contributed by atoms with Crippen LogP contribution in [0.1, 0.15) is 11.5 Å². The van der Waals surface area contributed by atoms with E-state index in [1.165, 1.54) is 0 Å². The van der Waals surface area contributed by atoms with Crippen LogP contribution in [-0.4, -0.2) is 18.4 Å². The molecule has 5 heteroatoms. The second-order valence-corrected chi connectivity index (χ2v) is 4.13. The van der Waals surface area contributed by atoms with Gasteiger partial charge in [0.1, 0.15) is 6.07 Å². The van der Waals surface area contributed by atoms with Crippen molar-refractivity contribution in [3.05, 3.63) is 47.7 Å². The lowest BCUT2D eigenvalue weighted by Crippen LogP contribution is -2.39. The number of benzene rings is 1. The summed E-state index contributed by atoms with van der Waals surface area (Å²) < 4.78 is 10.5. The zero-order valence-electron chi connectivity index (χ0n) is 9.37. The number of rotatable bonds is 1. The molecule has 18 heavy (non-hydrogen) atoms. The minimum atomic E-state index is -0.595. The molecule has 0 spiro atoms. The Balaban J connectivity index is 2.00. The van der Waals surface area contributed by atoms with Crippen LogP contribution in [0.2, 0.25) is 0 Å². The quantitative estimate of drug-likeness (QED) is 0.812. The van der Waals surface area contributed by atoms with Crippen molar-refractivity contribution in [2.45, 2.75) is 18.2 Å². The number of nitrogens with one attached hydrogen (secondary N) is 1. The molecule has 1 aromatic rings. The molecule has 1 amide bonds. The third-order valence-corrected chi connectivity index (χ3v) is 3.04. The van der Waals surface area contributed by atoms with E-state index in [-0.39, 0.29) is 11.7 Å². The zero-order valence-corrected chi connectivity index (χ0v) is 9.37. The van der Waals surface area contributed by atoms with Gasteiger partial charge in [-0.15, -0.1) is 0 Å². The van der Waals surface area contributed by atoms with Crippen molar-refractivity contribution in [2.24, 2.45) is 0 Å². The molecular formula is C13H10N2O3. The van der Waals surface area contributed by atoms with E-state index in [0.29, 0.717) is 0 Å². The normalized spacial score (nSPS) is 29.2. The second-order valence-electron chi connectivity index (χ2n) is 4.13. The lowest BCUT2D eigenvalue weighted by Gasteiger charge is -2.28. The number of amides is 1. The first-order valence-corrected chi connectivity index (χ1v) is 5.58. The van der Waals surface area contributed by atoms with Gasteiger partial charge in [0.05, 0.1) is 0 Å². The molecule has 0 bridgehead atoms. The molecule has 0 unspecified atom stereocenters. The van der Waals surface area contributed by atoms with Gasteiger partial charge < -0.3 is 9.47 Å². The third kappa shape index (κ3) is 1.68. The van der Waals surface area contributed by atoms with Gasteiger partial charge >= 0.3 is 6.09 Å². The first-order chi connectivity index (χ1) is 8.78. The van der Waals surface area contributed by atoms with Gasteiger partial charge in [0, 0.05) is 5.92 Å². The molecule has 0 radical (unpaired) electrons. The van der Waals surface area contributed by atoms with Crippen molar-refractivity contribution in [1.29, 1.82) is 5.26 Å². The fraction of sp³-hybridized carbons (Fsp3) is 0.231. The minimum absolute atomic E-state index is 0.168. The van der Waals surface area contributed by atoms with Crippen molar-refractivity contribution < 1.29 is 14.3 Å². The predicted octanol–water partition coefficient (Wildman–Crippen LogP) is 1.64. The molecule has 1 aromatic carbocycles. The maximum Gasteiger partial charge on any atom is 0.410 e. The summed E-state index contributed by atoms with van der Waals surface area (Å²) in [4.78, 5) is 11.3. The number of ether oxygens (including phenoxy) is 2. The molecule has 90 valence electrons. The van der Waals surface area contributed by atoms with Crippen molar-refractivity contribution in [3.63, 3.8) is 0 Å². The highest BCUT2D eigenvalue weighted by molar-refractivity contribution is 5.70. The van der Waals surface area contributed by atoms with E-state index >= 15 is 0 Å². The van der Waals surface area contributed by atoms with Crippen LogP contribution in [0.15, 0.2) is 42.2 Å². The Morgan fingerprint density at radius 1 is 1.22 bits per heavy atom. The van der Waals surface area contributed by atoms with E-state index in [1.54, 1.807) is 6.08 Å². The highest BCUT2D eigenvalue weighted by Crippen LogP contribution is 2.34. The zero-order chi connectivity index (χ0) is 12.5. The van der Waals surface area contributed by atoms with Gasteiger partial charge in [-0.05, 0) is 11.6 Å². The highest BCUT2D eigenvalue weighted by atomic mass is 16.6. The fourth-order valence-electron chi connectivity index (χ4n) is 2.23. The average molecular weight is 242 g/mol. The molecule has 1 N–H and O–H groups in total. The Morgan fingerprint density at radius 2 is 2.00 bits per heavy atom. The monoisotopic (exact) mass is 242 g/mol. The number of nitrogens with zero attached hydrogens (tertiary/aromatic N) is 1. The van der Waals surface area contributed by atoms with Gasteiger partial charge in [0.25, 0.3) is 0 Å². The lowest BCUT2D eigenvalue weighted by molar-refractivity contribution is 0.0130. The van der Waals surface area contributed by atoms with Gasteiger partial charge in [0.2, 0.25) is 6.23 Å². The van der Waals surface area contributed by atoms with E-state index in [2.05, 4.69) is 5.32 Å². The fourth-order valence-corrected chi connectivity index (χ4v) is 2.23. The summed E-state index contributed by atoms with van der Waals surface area (Å²) >= 11 is 0. The first kappa shape index (κ1) is 10.7. The molecule has 1 saturated heterocycles. The number of allylic oxidation sites excluding steroid dienone is 1. The summed E-state index contributed by atoms with van der Waals surface area (Å²) in [5, 5.41) is 11.5. The van der Waals surface area contributed by atoms with Crippen molar-refractivity contribution in [3.8, 4) is 6.07 Å². The minimum Gasteiger partial charge on any atom is -0.457 e. The topological polar surface area (TPSA) is 71.3 Å². The SMILES string of the molecule is N#CC1=C[C@H](c2ccccc2)[C@H]2OC(=O)N[C@H]2O1. The van der Waals surface area contributed by atoms with Crippen molar-refractivity contribution >= 4 is 6.09 Å². The van der Waals surface area contributed by atoms with E-state index in [1.807, 2.05) is 36.4 Å². The van der Waals surface area contributed by atoms with Crippen LogP contribution in [0.5, 0.6) is 0 Å². The summed E-state index contributed by atoms with van der Waals surface area (Å²) in [6.07, 6.45) is 0.148. The number of nitriles is 1. The summed E-state index contributed by atoms with van der Waals surface area (Å²) in [7, 11) is 0. The number of carbonyl (C=O) groups excluding carboxylic acids is 1. The molecule has 2 aliphatic heterocycles. The van der Waals surface area contributed by atoms with E-state index in [9.17, 15) is 4.79 Å². The Hall–Kier alpha value is -2.48. The Kier molecular flexibility index (Phi) is 2.41. The molecule has 0 saturated carbocycles. The molecule has 3 atom stereocenters. The molecule has 0 aromatic heterocycles. The van der Waals surface area contributed by atoms with Crippen LogP contribution >= 0.6 is 0 Å². The van der Waals surface area contributed by atoms with E-state index in [4.69, 9.17) is 14.7 Å². The second kappa shape index (κ2) is 4.08. The average Bonchev–Trinajstić information content (AvgIpc) is 2.78. The maximum absolute atomic E-state index is 11.3. The van der Waals surface area contributed by atoms with Crippen LogP contribution in [0, 0.1) is 11.3 Å². The van der Waals surface area contributed by atoms with Crippen LogP contribution < -0.4 is 5.32 Å². The van der Waals surface area contributed by atoms with Crippen molar-refractivity contribution in [2.75, 3.05) is 0 Å². The molecule has 3 rings (SSSR count). The first-order valence-electron chi connectivity index (χ1n) is 5.58. The smallest absolute Gasteiger partial charge is 0.410 e. The standard InChI is InChI=1S/C13H10N2O3/c14-7-9-6-10(8-4-2-1-3-5-8)11-12(17-9)15-13(16)18-11/h1-6,10-12H,(H,15,16)/t10-,11-,12+/m1/s1. The van der Waals surface area contributed by atoms with Crippen LogP contribution in [0.25, 0.3) is 0 Å². The summed E-state index contributed by atoms with van der Waals surface area (Å²) in [6.45, 7) is 0. The van der Waals surface area contributed by atoms with Crippen molar-refractivity contribution in [1.82, 2.24) is 5.32 Å². The molecule has 5 nitrogen and oxygen atoms in total. The summed E-state index contributed by atoms with van der Waals surface area (Å²) in [6, 6.07) is 11.6. The Labute approximate surface area is 104 Å². The predicted molar refractivity (Wildman–Crippen MR) is 61.2 cm³/mol. The van der Waals surface area contributed by atoms with E-state index in [0.717, 1.165) is 5.56 Å². The Bertz CT molecular complexity index is 547. The van der Waals surface area contributed by atoms with Crippen LogP contribution in [0.3, 0.4) is 0 Å². The number of hydrogen-bond acceptors (Lipinski definition) is 4. The molecule has 2 heterocycles. The van der Waals surface area contributed by atoms with Gasteiger partial charge in [-0.2, -0.15) is 5.26 Å². The number of fused-ring (bicyclic) bond motifs is 1. The van der Waals surface area contributed by atoms with Crippen LogP contribution in [-0.2, 0) is 9.47 Å². The number of alkyl carbamates (subject to hydrolysis) is 1. The molecule has 0 aliphatic carbocycles. The largest absolute Gasteiger partial charge is 0.457 e. The summed E-state index contributed by atoms with van der Waals surface area (Å²) in [5.74, 6) is 0.0365. The van der Waals surface area contributed by atoms with Gasteiger partial charge in [-0.1, -0.05) is 30.3 Å². The number of hydrogen-bond donors (Lipinski definition) is 1. The maximum atomic E-state index is 11.3. The summed E-state index contributed by atoms with van der Waals surface area (Å²) in [5.41, 5.74) is 0.986.